The molecule has 0 aliphatic rings. The number of carbonyl (C=O) groups excluding carboxylic acids is 1. The van der Waals surface area contributed by atoms with Gasteiger partial charge >= 0.3 is 0 Å². The molecular formula is C18H15ClN6O2. The highest BCUT2D eigenvalue weighted by Gasteiger charge is 2.09. The van der Waals surface area contributed by atoms with Crippen molar-refractivity contribution in [1.82, 2.24) is 15.2 Å². The molecule has 1 amide bonds. The number of hydrogen-bond acceptors (Lipinski definition) is 6. The van der Waals surface area contributed by atoms with Gasteiger partial charge in [-0.3, -0.25) is 14.6 Å². The quantitative estimate of drug-likeness (QED) is 0.464. The van der Waals surface area contributed by atoms with Gasteiger partial charge in [-0.15, -0.1) is 10.2 Å². The number of H-pyrrole nitrogens is 1. The standard InChI is InChI=1S/C18H15ClN6O2/c1-11-16(26)22-18(25-23-11)24-20-10-12-5-4-6-13(9-12)21-17(27)14-7-2-3-8-15(14)19/h2-10H,1H3,(H,21,27)(H2,22,24,25,26)/b20-10-. The zero-order chi connectivity index (χ0) is 19.2. The maximum atomic E-state index is 12.3. The van der Waals surface area contributed by atoms with Crippen molar-refractivity contribution in [3.63, 3.8) is 0 Å². The molecule has 8 nitrogen and oxygen atoms in total. The van der Waals surface area contributed by atoms with E-state index >= 15 is 0 Å². The number of hydrogen-bond donors (Lipinski definition) is 3. The SMILES string of the molecule is Cc1nnc(N/N=C\c2cccc(NC(=O)c3ccccc3Cl)c2)[nH]c1=O. The lowest BCUT2D eigenvalue weighted by molar-refractivity contribution is 0.102. The van der Waals surface area contributed by atoms with Crippen molar-refractivity contribution in [3.8, 4) is 0 Å². The smallest absolute Gasteiger partial charge is 0.274 e. The number of benzene rings is 2. The lowest BCUT2D eigenvalue weighted by Gasteiger charge is -2.07. The van der Waals surface area contributed by atoms with E-state index < -0.39 is 0 Å². The molecule has 0 radical (unpaired) electrons. The number of nitrogens with one attached hydrogen (secondary N) is 3. The molecule has 0 saturated heterocycles. The van der Waals surface area contributed by atoms with Crippen LogP contribution in [-0.2, 0) is 0 Å². The summed E-state index contributed by atoms with van der Waals surface area (Å²) in [5, 5.41) is 14.6. The topological polar surface area (TPSA) is 112 Å². The third-order valence-electron chi connectivity index (χ3n) is 3.51. The number of hydrazone groups is 1. The molecule has 9 heteroatoms. The monoisotopic (exact) mass is 382 g/mol. The first-order valence-corrected chi connectivity index (χ1v) is 8.29. The zero-order valence-corrected chi connectivity index (χ0v) is 15.0. The van der Waals surface area contributed by atoms with E-state index in [0.717, 1.165) is 5.56 Å². The van der Waals surface area contributed by atoms with Gasteiger partial charge in [0, 0.05) is 5.69 Å². The molecule has 0 unspecified atom stereocenters. The Morgan fingerprint density at radius 1 is 1.19 bits per heavy atom. The van der Waals surface area contributed by atoms with E-state index in [0.29, 0.717) is 16.3 Å². The van der Waals surface area contributed by atoms with E-state index in [9.17, 15) is 9.59 Å². The van der Waals surface area contributed by atoms with Gasteiger partial charge in [0.1, 0.15) is 5.69 Å². The lowest BCUT2D eigenvalue weighted by atomic mass is 10.2. The highest BCUT2D eigenvalue weighted by molar-refractivity contribution is 6.34. The molecule has 0 spiro atoms. The molecule has 136 valence electrons. The van der Waals surface area contributed by atoms with Crippen molar-refractivity contribution < 1.29 is 4.79 Å². The molecule has 0 bridgehead atoms. The van der Waals surface area contributed by atoms with Crippen LogP contribution in [0.2, 0.25) is 5.02 Å². The Morgan fingerprint density at radius 2 is 2.00 bits per heavy atom. The van der Waals surface area contributed by atoms with E-state index in [-0.39, 0.29) is 23.1 Å². The Labute approximate surface area is 159 Å². The van der Waals surface area contributed by atoms with Crippen LogP contribution in [0.5, 0.6) is 0 Å². The fourth-order valence-corrected chi connectivity index (χ4v) is 2.37. The van der Waals surface area contributed by atoms with Gasteiger partial charge < -0.3 is 5.32 Å². The predicted octanol–water partition coefficient (Wildman–Crippen LogP) is 2.83. The zero-order valence-electron chi connectivity index (χ0n) is 14.2. The summed E-state index contributed by atoms with van der Waals surface area (Å²) in [4.78, 5) is 26.3. The second-order valence-electron chi connectivity index (χ2n) is 5.52. The Bertz CT molecular complexity index is 1060. The number of rotatable bonds is 5. The second kappa shape index (κ2) is 8.24. The summed E-state index contributed by atoms with van der Waals surface area (Å²) < 4.78 is 0. The predicted molar refractivity (Wildman–Crippen MR) is 104 cm³/mol. The number of aromatic nitrogens is 3. The number of halogens is 1. The first-order chi connectivity index (χ1) is 13.0. The largest absolute Gasteiger partial charge is 0.322 e. The number of carbonyl (C=O) groups is 1. The summed E-state index contributed by atoms with van der Waals surface area (Å²) in [6.45, 7) is 1.56. The van der Waals surface area contributed by atoms with Crippen LogP contribution in [0.25, 0.3) is 0 Å². The number of amides is 1. The fourth-order valence-electron chi connectivity index (χ4n) is 2.15. The third kappa shape index (κ3) is 4.77. The Hall–Kier alpha value is -3.52. The van der Waals surface area contributed by atoms with Gasteiger partial charge in [0.15, 0.2) is 0 Å². The van der Waals surface area contributed by atoms with Crippen LogP contribution in [0.1, 0.15) is 21.6 Å². The summed E-state index contributed by atoms with van der Waals surface area (Å²) in [6, 6.07) is 13.9. The van der Waals surface area contributed by atoms with Gasteiger partial charge in [0.05, 0.1) is 16.8 Å². The highest BCUT2D eigenvalue weighted by atomic mass is 35.5. The number of anilines is 2. The Kier molecular flexibility index (Phi) is 5.58. The maximum Gasteiger partial charge on any atom is 0.274 e. The van der Waals surface area contributed by atoms with E-state index in [1.165, 1.54) is 6.21 Å². The van der Waals surface area contributed by atoms with Crippen molar-refractivity contribution in [3.05, 3.63) is 80.7 Å². The minimum absolute atomic E-state index is 0.130. The molecule has 0 saturated carbocycles. The molecular weight excluding hydrogens is 368 g/mol. The minimum Gasteiger partial charge on any atom is -0.322 e. The normalized spacial score (nSPS) is 10.7. The van der Waals surface area contributed by atoms with Crippen molar-refractivity contribution >= 4 is 35.4 Å². The van der Waals surface area contributed by atoms with Crippen LogP contribution < -0.4 is 16.3 Å². The molecule has 0 aliphatic carbocycles. The molecule has 3 aromatic rings. The molecule has 0 aliphatic heterocycles. The average molecular weight is 383 g/mol. The summed E-state index contributed by atoms with van der Waals surface area (Å²) in [6.07, 6.45) is 1.52. The van der Waals surface area contributed by atoms with Gasteiger partial charge in [-0.25, -0.2) is 5.43 Å². The summed E-state index contributed by atoms with van der Waals surface area (Å²) >= 11 is 6.04. The van der Waals surface area contributed by atoms with Crippen LogP contribution in [0.15, 0.2) is 58.4 Å². The first kappa shape index (κ1) is 18.3. The average Bonchev–Trinajstić information content (AvgIpc) is 2.65. The van der Waals surface area contributed by atoms with Crippen LogP contribution in [-0.4, -0.2) is 27.3 Å². The third-order valence-corrected chi connectivity index (χ3v) is 3.84. The number of nitrogens with zero attached hydrogens (tertiary/aromatic N) is 3. The highest BCUT2D eigenvalue weighted by Crippen LogP contribution is 2.17. The van der Waals surface area contributed by atoms with Crippen LogP contribution in [0.4, 0.5) is 11.6 Å². The van der Waals surface area contributed by atoms with Crippen molar-refractivity contribution in [2.75, 3.05) is 10.7 Å². The van der Waals surface area contributed by atoms with Crippen LogP contribution >= 0.6 is 11.6 Å². The fraction of sp³-hybridized carbons (Fsp3) is 0.0556. The molecule has 2 aromatic carbocycles. The summed E-state index contributed by atoms with van der Waals surface area (Å²) in [5.41, 5.74) is 4.22. The van der Waals surface area contributed by atoms with Gasteiger partial charge in [-0.1, -0.05) is 35.9 Å². The van der Waals surface area contributed by atoms with Crippen molar-refractivity contribution in [2.45, 2.75) is 6.92 Å². The molecule has 1 heterocycles. The van der Waals surface area contributed by atoms with Crippen LogP contribution in [0.3, 0.4) is 0 Å². The van der Waals surface area contributed by atoms with E-state index in [1.54, 1.807) is 55.5 Å². The van der Waals surface area contributed by atoms with Gasteiger partial charge in [0.25, 0.3) is 11.5 Å². The Balaban J connectivity index is 1.68. The van der Waals surface area contributed by atoms with E-state index in [1.807, 2.05) is 0 Å². The van der Waals surface area contributed by atoms with Gasteiger partial charge in [0.2, 0.25) is 5.95 Å². The van der Waals surface area contributed by atoms with E-state index in [2.05, 4.69) is 31.0 Å². The summed E-state index contributed by atoms with van der Waals surface area (Å²) in [7, 11) is 0. The minimum atomic E-state index is -0.341. The van der Waals surface area contributed by atoms with Crippen LogP contribution in [0, 0.1) is 6.92 Å². The molecule has 1 aromatic heterocycles. The van der Waals surface area contributed by atoms with Crippen molar-refractivity contribution in [2.24, 2.45) is 5.10 Å². The van der Waals surface area contributed by atoms with Gasteiger partial charge in [-0.2, -0.15) is 5.10 Å². The van der Waals surface area contributed by atoms with E-state index in [4.69, 9.17) is 11.6 Å². The van der Waals surface area contributed by atoms with Gasteiger partial charge in [-0.05, 0) is 36.8 Å². The summed E-state index contributed by atoms with van der Waals surface area (Å²) in [5.74, 6) is -0.176. The lowest BCUT2D eigenvalue weighted by Crippen LogP contribution is -2.15. The second-order valence-corrected chi connectivity index (χ2v) is 5.92. The molecule has 0 fully saturated rings. The molecule has 3 rings (SSSR count). The molecule has 3 N–H and O–H groups in total. The molecule has 27 heavy (non-hydrogen) atoms. The molecule has 0 atom stereocenters. The number of aryl methyl sites for hydroxylation is 1. The Morgan fingerprint density at radius 3 is 2.78 bits per heavy atom. The van der Waals surface area contributed by atoms with Crippen molar-refractivity contribution in [1.29, 1.82) is 0 Å². The first-order valence-electron chi connectivity index (χ1n) is 7.91. The maximum absolute atomic E-state index is 12.3. The number of aromatic amines is 1.